The highest BCUT2D eigenvalue weighted by Gasteiger charge is 2.30. The Labute approximate surface area is 95.5 Å². The van der Waals surface area contributed by atoms with Crippen LogP contribution in [0.1, 0.15) is 17.5 Å². The fourth-order valence-corrected chi connectivity index (χ4v) is 1.53. The average Bonchev–Trinajstić information content (AvgIpc) is 2.28. The Morgan fingerprint density at radius 3 is 2.65 bits per heavy atom. The number of carbonyl (C=O) groups is 1. The molecule has 0 radical (unpaired) electrons. The van der Waals surface area contributed by atoms with E-state index in [2.05, 4.69) is 4.99 Å². The van der Waals surface area contributed by atoms with E-state index in [-0.39, 0.29) is 12.2 Å². The number of halogens is 3. The summed E-state index contributed by atoms with van der Waals surface area (Å²) in [5, 5.41) is 0. The summed E-state index contributed by atoms with van der Waals surface area (Å²) in [6.07, 6.45) is -1.73. The molecule has 0 aromatic heterocycles. The lowest BCUT2D eigenvalue weighted by molar-refractivity contribution is -0.137. The van der Waals surface area contributed by atoms with Gasteiger partial charge in [-0.2, -0.15) is 13.2 Å². The molecule has 0 atom stereocenters. The van der Waals surface area contributed by atoms with E-state index in [9.17, 15) is 18.0 Å². The first-order chi connectivity index (χ1) is 7.97. The topological polar surface area (TPSA) is 29.4 Å². The van der Waals surface area contributed by atoms with E-state index < -0.39 is 11.7 Å². The largest absolute Gasteiger partial charge is 0.416 e. The third kappa shape index (κ3) is 2.61. The van der Waals surface area contributed by atoms with Gasteiger partial charge in [0, 0.05) is 6.20 Å². The van der Waals surface area contributed by atoms with Gasteiger partial charge in [0.25, 0.3) is 0 Å². The molecule has 0 amide bonds. The molecular weight excluding hydrogens is 231 g/mol. The van der Waals surface area contributed by atoms with Crippen LogP contribution in [0.3, 0.4) is 0 Å². The lowest BCUT2D eigenvalue weighted by atomic mass is 10.0. The maximum atomic E-state index is 12.5. The zero-order valence-electron chi connectivity index (χ0n) is 8.66. The number of allylic oxidation sites excluding steroid dienone is 1. The molecule has 5 heteroatoms. The molecule has 0 saturated heterocycles. The van der Waals surface area contributed by atoms with Gasteiger partial charge in [0.1, 0.15) is 0 Å². The van der Waals surface area contributed by atoms with Crippen molar-refractivity contribution in [2.45, 2.75) is 12.6 Å². The molecule has 0 fully saturated rings. The molecule has 17 heavy (non-hydrogen) atoms. The SMILES string of the molecule is O=C1C=CN=C(c2cccc(C(F)(F)F)c2)C1. The number of hydrogen-bond acceptors (Lipinski definition) is 2. The van der Waals surface area contributed by atoms with Crippen molar-refractivity contribution in [2.24, 2.45) is 4.99 Å². The molecule has 0 N–H and O–H groups in total. The van der Waals surface area contributed by atoms with Gasteiger partial charge < -0.3 is 0 Å². The minimum absolute atomic E-state index is 0.0395. The number of aliphatic imine (C=N–C) groups is 1. The smallest absolute Gasteiger partial charge is 0.294 e. The highest BCUT2D eigenvalue weighted by molar-refractivity contribution is 6.15. The van der Waals surface area contributed by atoms with Crippen LogP contribution in [0.15, 0.2) is 41.5 Å². The predicted molar refractivity (Wildman–Crippen MR) is 56.7 cm³/mol. The van der Waals surface area contributed by atoms with Crippen LogP contribution in [0.4, 0.5) is 13.2 Å². The van der Waals surface area contributed by atoms with Crippen molar-refractivity contribution in [1.29, 1.82) is 0 Å². The molecule has 88 valence electrons. The van der Waals surface area contributed by atoms with E-state index in [1.807, 2.05) is 0 Å². The molecule has 0 bridgehead atoms. The number of rotatable bonds is 1. The second kappa shape index (κ2) is 4.16. The fourth-order valence-electron chi connectivity index (χ4n) is 1.53. The number of alkyl halides is 3. The summed E-state index contributed by atoms with van der Waals surface area (Å²) in [5.74, 6) is -0.160. The number of carbonyl (C=O) groups excluding carboxylic acids is 1. The first-order valence-electron chi connectivity index (χ1n) is 4.90. The first-order valence-corrected chi connectivity index (χ1v) is 4.90. The minimum Gasteiger partial charge on any atom is -0.294 e. The van der Waals surface area contributed by atoms with Crippen LogP contribution in [-0.4, -0.2) is 11.5 Å². The second-order valence-corrected chi connectivity index (χ2v) is 3.61. The summed E-state index contributed by atoms with van der Waals surface area (Å²) in [7, 11) is 0. The van der Waals surface area contributed by atoms with E-state index in [0.29, 0.717) is 11.3 Å². The van der Waals surface area contributed by atoms with Gasteiger partial charge in [0.15, 0.2) is 5.78 Å². The van der Waals surface area contributed by atoms with Crippen molar-refractivity contribution < 1.29 is 18.0 Å². The van der Waals surface area contributed by atoms with Gasteiger partial charge in [-0.3, -0.25) is 9.79 Å². The molecule has 1 aromatic carbocycles. The standard InChI is InChI=1S/C12H8F3NO/c13-12(14,15)9-3-1-2-8(6-9)11-7-10(17)4-5-16-11/h1-6H,7H2. The van der Waals surface area contributed by atoms with Crippen LogP contribution in [0.5, 0.6) is 0 Å². The van der Waals surface area contributed by atoms with Crippen molar-refractivity contribution in [3.8, 4) is 0 Å². The Balaban J connectivity index is 2.37. The zero-order valence-corrected chi connectivity index (χ0v) is 8.66. The van der Waals surface area contributed by atoms with Gasteiger partial charge in [0.05, 0.1) is 17.7 Å². The summed E-state index contributed by atoms with van der Waals surface area (Å²) in [4.78, 5) is 15.1. The monoisotopic (exact) mass is 239 g/mol. The lowest BCUT2D eigenvalue weighted by Gasteiger charge is -2.10. The van der Waals surface area contributed by atoms with E-state index >= 15 is 0 Å². The molecule has 2 rings (SSSR count). The maximum Gasteiger partial charge on any atom is 0.416 e. The summed E-state index contributed by atoms with van der Waals surface area (Å²) in [5.41, 5.74) is -0.0409. The van der Waals surface area contributed by atoms with Crippen molar-refractivity contribution in [3.05, 3.63) is 47.7 Å². The molecule has 1 heterocycles. The van der Waals surface area contributed by atoms with Gasteiger partial charge in [0.2, 0.25) is 0 Å². The summed E-state index contributed by atoms with van der Waals surface area (Å²) in [6, 6.07) is 4.82. The number of benzene rings is 1. The van der Waals surface area contributed by atoms with E-state index in [0.717, 1.165) is 12.1 Å². The van der Waals surface area contributed by atoms with Gasteiger partial charge >= 0.3 is 6.18 Å². The molecule has 1 aromatic rings. The quantitative estimate of drug-likeness (QED) is 0.740. The fraction of sp³-hybridized carbons (Fsp3) is 0.167. The Morgan fingerprint density at radius 2 is 2.00 bits per heavy atom. The van der Waals surface area contributed by atoms with Gasteiger partial charge in [-0.1, -0.05) is 12.1 Å². The Hall–Kier alpha value is -1.91. The number of nitrogens with zero attached hydrogens (tertiary/aromatic N) is 1. The number of hydrogen-bond donors (Lipinski definition) is 0. The van der Waals surface area contributed by atoms with Crippen LogP contribution in [-0.2, 0) is 11.0 Å². The third-order valence-electron chi connectivity index (χ3n) is 2.36. The molecule has 0 spiro atoms. The summed E-state index contributed by atoms with van der Waals surface area (Å²) >= 11 is 0. The molecule has 0 saturated carbocycles. The Morgan fingerprint density at radius 1 is 1.24 bits per heavy atom. The van der Waals surface area contributed by atoms with E-state index in [1.165, 1.54) is 24.4 Å². The molecular formula is C12H8F3NO. The highest BCUT2D eigenvalue weighted by Crippen LogP contribution is 2.30. The molecule has 2 nitrogen and oxygen atoms in total. The Kier molecular flexibility index (Phi) is 2.83. The maximum absolute atomic E-state index is 12.5. The van der Waals surface area contributed by atoms with Crippen LogP contribution in [0.2, 0.25) is 0 Å². The summed E-state index contributed by atoms with van der Waals surface area (Å²) < 4.78 is 37.5. The van der Waals surface area contributed by atoms with Crippen LogP contribution < -0.4 is 0 Å². The van der Waals surface area contributed by atoms with Gasteiger partial charge in [-0.05, 0) is 23.8 Å². The lowest BCUT2D eigenvalue weighted by Crippen LogP contribution is -2.12. The van der Waals surface area contributed by atoms with Crippen molar-refractivity contribution in [3.63, 3.8) is 0 Å². The molecule has 0 unspecified atom stereocenters. The van der Waals surface area contributed by atoms with Gasteiger partial charge in [-0.25, -0.2) is 0 Å². The van der Waals surface area contributed by atoms with E-state index in [1.54, 1.807) is 0 Å². The van der Waals surface area contributed by atoms with Crippen molar-refractivity contribution in [1.82, 2.24) is 0 Å². The van der Waals surface area contributed by atoms with Crippen LogP contribution in [0.25, 0.3) is 0 Å². The summed E-state index contributed by atoms with van der Waals surface area (Å²) in [6.45, 7) is 0. The normalized spacial score (nSPS) is 15.9. The molecule has 0 aliphatic carbocycles. The van der Waals surface area contributed by atoms with E-state index in [4.69, 9.17) is 0 Å². The zero-order chi connectivity index (χ0) is 12.5. The number of ketones is 1. The predicted octanol–water partition coefficient (Wildman–Crippen LogP) is 2.98. The van der Waals surface area contributed by atoms with Crippen molar-refractivity contribution >= 4 is 11.5 Å². The van der Waals surface area contributed by atoms with Crippen LogP contribution >= 0.6 is 0 Å². The second-order valence-electron chi connectivity index (χ2n) is 3.61. The molecule has 1 aliphatic rings. The average molecular weight is 239 g/mol. The molecule has 1 aliphatic heterocycles. The first kappa shape index (κ1) is 11.6. The Bertz CT molecular complexity index is 515. The van der Waals surface area contributed by atoms with Gasteiger partial charge in [-0.15, -0.1) is 0 Å². The third-order valence-corrected chi connectivity index (χ3v) is 2.36. The minimum atomic E-state index is -4.38. The van der Waals surface area contributed by atoms with Crippen LogP contribution in [0, 0.1) is 0 Å². The van der Waals surface area contributed by atoms with Crippen molar-refractivity contribution in [2.75, 3.05) is 0 Å². The highest BCUT2D eigenvalue weighted by atomic mass is 19.4.